The van der Waals surface area contributed by atoms with Crippen molar-refractivity contribution in [3.8, 4) is 0 Å². The second-order valence-electron chi connectivity index (χ2n) is 6.35. The zero-order chi connectivity index (χ0) is 20.7. The molecule has 2 aromatic rings. The third kappa shape index (κ3) is 3.66. The minimum Gasteiger partial charge on any atom is -0.323 e. The number of nitrogens with one attached hydrogen (secondary N) is 1. The van der Waals surface area contributed by atoms with Crippen LogP contribution in [-0.4, -0.2) is 41.4 Å². The largest absolute Gasteiger partial charge is 0.323 e. The summed E-state index contributed by atoms with van der Waals surface area (Å²) in [5, 5.41) is 12.7. The molecule has 2 aliphatic rings. The van der Waals surface area contributed by atoms with Crippen LogP contribution in [-0.2, 0) is 14.4 Å². The number of hydrogen-bond donors (Lipinski definition) is 1. The van der Waals surface area contributed by atoms with Crippen molar-refractivity contribution in [2.75, 3.05) is 16.8 Å². The number of amides is 3. The van der Waals surface area contributed by atoms with Crippen LogP contribution in [0, 0.1) is 0 Å². The Bertz CT molecular complexity index is 1040. The highest BCUT2D eigenvalue weighted by atomic mass is 35.5. The Kier molecular flexibility index (Phi) is 5.16. The standard InChI is InChI=1S/C18H12Cl3N5O3/c19-9-1-4-11(5-2-9)26-17(28)15-16(18(26)29)25(24-23-15)8-14(27)22-13-6-3-10(20)7-12(13)21/h1-7,15-16H,8H2,(H,22,27)/t15-,16+/m1/s1. The lowest BCUT2D eigenvalue weighted by Gasteiger charge is -2.20. The number of rotatable bonds is 4. The summed E-state index contributed by atoms with van der Waals surface area (Å²) in [6.45, 7) is -0.281. The molecule has 2 aliphatic heterocycles. The summed E-state index contributed by atoms with van der Waals surface area (Å²) in [4.78, 5) is 38.9. The number of anilines is 2. The zero-order valence-electron chi connectivity index (χ0n) is 14.6. The Balaban J connectivity index is 1.49. The van der Waals surface area contributed by atoms with Crippen molar-refractivity contribution in [2.24, 2.45) is 10.3 Å². The number of imide groups is 1. The lowest BCUT2D eigenvalue weighted by molar-refractivity contribution is -0.123. The topological polar surface area (TPSA) is 94.4 Å². The van der Waals surface area contributed by atoms with E-state index in [1.165, 1.54) is 11.1 Å². The summed E-state index contributed by atoms with van der Waals surface area (Å²) >= 11 is 17.8. The number of halogens is 3. The second-order valence-corrected chi connectivity index (χ2v) is 7.63. The summed E-state index contributed by atoms with van der Waals surface area (Å²) in [5.74, 6) is -1.49. The molecular weight excluding hydrogens is 441 g/mol. The SMILES string of the molecule is O=C(CN1N=N[C@H]2C(=O)N(c3ccc(Cl)cc3)C(=O)[C@H]21)Nc1ccc(Cl)cc1Cl. The Labute approximate surface area is 180 Å². The van der Waals surface area contributed by atoms with Crippen LogP contribution in [0.1, 0.15) is 0 Å². The summed E-state index contributed by atoms with van der Waals surface area (Å²) in [6, 6.07) is 8.94. The zero-order valence-corrected chi connectivity index (χ0v) is 16.8. The van der Waals surface area contributed by atoms with E-state index in [1.807, 2.05) is 0 Å². The molecule has 2 aromatic carbocycles. The van der Waals surface area contributed by atoms with Gasteiger partial charge in [-0.05, 0) is 42.5 Å². The Morgan fingerprint density at radius 2 is 1.69 bits per heavy atom. The predicted octanol–water partition coefficient (Wildman–Crippen LogP) is 3.58. The summed E-state index contributed by atoms with van der Waals surface area (Å²) < 4.78 is 0. The molecule has 0 unspecified atom stereocenters. The van der Waals surface area contributed by atoms with Crippen molar-refractivity contribution < 1.29 is 14.4 Å². The Hall–Kier alpha value is -2.68. The second kappa shape index (κ2) is 7.62. The van der Waals surface area contributed by atoms with E-state index in [0.29, 0.717) is 21.4 Å². The number of fused-ring (bicyclic) bond motifs is 1. The van der Waals surface area contributed by atoms with Gasteiger partial charge in [-0.3, -0.25) is 19.4 Å². The van der Waals surface area contributed by atoms with Gasteiger partial charge in [0.2, 0.25) is 5.91 Å². The van der Waals surface area contributed by atoms with E-state index in [9.17, 15) is 14.4 Å². The van der Waals surface area contributed by atoms with Gasteiger partial charge in [0.15, 0.2) is 12.1 Å². The molecule has 11 heteroatoms. The minimum atomic E-state index is -0.995. The maximum absolute atomic E-state index is 12.9. The van der Waals surface area contributed by atoms with Gasteiger partial charge in [0.1, 0.15) is 6.54 Å². The molecule has 0 spiro atoms. The van der Waals surface area contributed by atoms with E-state index in [1.54, 1.807) is 36.4 Å². The summed E-state index contributed by atoms with van der Waals surface area (Å²) in [5.41, 5.74) is 0.747. The molecule has 0 radical (unpaired) electrons. The first-order valence-electron chi connectivity index (χ1n) is 8.41. The van der Waals surface area contributed by atoms with Crippen molar-refractivity contribution in [1.82, 2.24) is 5.01 Å². The minimum absolute atomic E-state index is 0.271. The normalized spacial score (nSPS) is 20.4. The molecule has 1 fully saturated rings. The third-order valence-corrected chi connectivity index (χ3v) is 5.25. The van der Waals surface area contributed by atoms with Crippen LogP contribution in [0.25, 0.3) is 0 Å². The molecule has 0 bridgehead atoms. The van der Waals surface area contributed by atoms with Crippen LogP contribution in [0.15, 0.2) is 52.8 Å². The first-order valence-corrected chi connectivity index (χ1v) is 9.54. The van der Waals surface area contributed by atoms with Crippen LogP contribution in [0.4, 0.5) is 11.4 Å². The molecule has 4 rings (SSSR count). The number of nitrogens with zero attached hydrogens (tertiary/aromatic N) is 4. The quantitative estimate of drug-likeness (QED) is 0.717. The van der Waals surface area contributed by atoms with Gasteiger partial charge in [0, 0.05) is 10.0 Å². The molecule has 0 saturated carbocycles. The highest BCUT2D eigenvalue weighted by Crippen LogP contribution is 2.32. The molecule has 2 heterocycles. The van der Waals surface area contributed by atoms with Crippen molar-refractivity contribution in [1.29, 1.82) is 0 Å². The molecule has 3 amide bonds. The highest BCUT2D eigenvalue weighted by molar-refractivity contribution is 6.36. The third-order valence-electron chi connectivity index (χ3n) is 4.45. The van der Waals surface area contributed by atoms with E-state index >= 15 is 0 Å². The maximum atomic E-state index is 12.9. The van der Waals surface area contributed by atoms with E-state index in [0.717, 1.165) is 4.90 Å². The van der Waals surface area contributed by atoms with Crippen molar-refractivity contribution in [3.05, 3.63) is 57.5 Å². The van der Waals surface area contributed by atoms with Gasteiger partial charge in [-0.1, -0.05) is 40.0 Å². The maximum Gasteiger partial charge on any atom is 0.263 e. The average molecular weight is 453 g/mol. The van der Waals surface area contributed by atoms with E-state index in [4.69, 9.17) is 34.8 Å². The van der Waals surface area contributed by atoms with Gasteiger partial charge >= 0.3 is 0 Å². The summed E-state index contributed by atoms with van der Waals surface area (Å²) in [6.07, 6.45) is 0. The lowest BCUT2D eigenvalue weighted by Crippen LogP contribution is -2.43. The van der Waals surface area contributed by atoms with Gasteiger partial charge in [-0.2, -0.15) is 5.11 Å². The van der Waals surface area contributed by atoms with Gasteiger partial charge in [-0.25, -0.2) is 4.90 Å². The number of carbonyl (C=O) groups is 3. The fourth-order valence-corrected chi connectivity index (χ4v) is 3.71. The van der Waals surface area contributed by atoms with Gasteiger partial charge in [0.05, 0.1) is 16.4 Å². The smallest absolute Gasteiger partial charge is 0.263 e. The van der Waals surface area contributed by atoms with Crippen molar-refractivity contribution >= 4 is 63.9 Å². The molecule has 29 heavy (non-hydrogen) atoms. The van der Waals surface area contributed by atoms with Crippen molar-refractivity contribution in [2.45, 2.75) is 12.1 Å². The monoisotopic (exact) mass is 451 g/mol. The molecular formula is C18H12Cl3N5O3. The molecule has 8 nitrogen and oxygen atoms in total. The van der Waals surface area contributed by atoms with Gasteiger partial charge < -0.3 is 5.32 Å². The van der Waals surface area contributed by atoms with Crippen LogP contribution in [0.5, 0.6) is 0 Å². The molecule has 148 valence electrons. The van der Waals surface area contributed by atoms with E-state index in [-0.39, 0.29) is 11.6 Å². The van der Waals surface area contributed by atoms with Gasteiger partial charge in [-0.15, -0.1) is 0 Å². The Morgan fingerprint density at radius 1 is 1.00 bits per heavy atom. The molecule has 1 N–H and O–H groups in total. The first-order chi connectivity index (χ1) is 13.8. The fraction of sp³-hybridized carbons (Fsp3) is 0.167. The average Bonchev–Trinajstić information content (AvgIpc) is 3.19. The number of hydrogen-bond acceptors (Lipinski definition) is 6. The first kappa shape index (κ1) is 19.6. The van der Waals surface area contributed by atoms with E-state index < -0.39 is 29.8 Å². The number of carbonyl (C=O) groups excluding carboxylic acids is 3. The van der Waals surface area contributed by atoms with E-state index in [2.05, 4.69) is 15.7 Å². The molecule has 0 aromatic heterocycles. The lowest BCUT2D eigenvalue weighted by atomic mass is 10.1. The summed E-state index contributed by atoms with van der Waals surface area (Å²) in [7, 11) is 0. The Morgan fingerprint density at radius 3 is 2.38 bits per heavy atom. The number of benzene rings is 2. The van der Waals surface area contributed by atoms with Gasteiger partial charge in [0.25, 0.3) is 11.8 Å². The molecule has 1 saturated heterocycles. The van der Waals surface area contributed by atoms with Crippen LogP contribution >= 0.6 is 34.8 Å². The van der Waals surface area contributed by atoms with Crippen LogP contribution in [0.2, 0.25) is 15.1 Å². The highest BCUT2D eigenvalue weighted by Gasteiger charge is 2.55. The van der Waals surface area contributed by atoms with Crippen LogP contribution < -0.4 is 10.2 Å². The van der Waals surface area contributed by atoms with Crippen molar-refractivity contribution in [3.63, 3.8) is 0 Å². The fourth-order valence-electron chi connectivity index (χ4n) is 3.13. The van der Waals surface area contributed by atoms with Crippen LogP contribution in [0.3, 0.4) is 0 Å². The molecule has 2 atom stereocenters. The predicted molar refractivity (Wildman–Crippen MR) is 108 cm³/mol. The molecule has 0 aliphatic carbocycles.